The number of carbonyl (C=O) groups is 1. The molecule has 2 aromatic carbocycles. The Morgan fingerprint density at radius 2 is 1.78 bits per heavy atom. The first kappa shape index (κ1) is 19.4. The van der Waals surface area contributed by atoms with Crippen LogP contribution in [-0.4, -0.2) is 50.8 Å². The molecule has 1 amide bonds. The molecule has 144 valence electrons. The first-order valence-electron chi connectivity index (χ1n) is 9.43. The predicted octanol–water partition coefficient (Wildman–Crippen LogP) is 2.74. The van der Waals surface area contributed by atoms with Gasteiger partial charge in [0.1, 0.15) is 5.75 Å². The fraction of sp³-hybridized carbons (Fsp3) is 0.409. The highest BCUT2D eigenvalue weighted by Gasteiger charge is 2.23. The quantitative estimate of drug-likeness (QED) is 0.816. The van der Waals surface area contributed by atoms with Gasteiger partial charge in [-0.05, 0) is 30.2 Å². The molecule has 2 aromatic rings. The Labute approximate surface area is 161 Å². The molecule has 5 heteroatoms. The summed E-state index contributed by atoms with van der Waals surface area (Å²) in [5, 5.41) is 3.12. The highest BCUT2D eigenvalue weighted by atomic mass is 16.5. The number of benzene rings is 2. The summed E-state index contributed by atoms with van der Waals surface area (Å²) in [5.41, 5.74) is 3.41. The summed E-state index contributed by atoms with van der Waals surface area (Å²) in [6.07, 6.45) is 0.402. The lowest BCUT2D eigenvalue weighted by Gasteiger charge is -2.35. The lowest BCUT2D eigenvalue weighted by molar-refractivity contribution is -0.120. The fourth-order valence-electron chi connectivity index (χ4n) is 3.34. The third kappa shape index (κ3) is 5.55. The minimum atomic E-state index is 0.0469. The highest BCUT2D eigenvalue weighted by Crippen LogP contribution is 2.23. The van der Waals surface area contributed by atoms with Crippen LogP contribution in [0.25, 0.3) is 0 Å². The maximum Gasteiger partial charge on any atom is 0.224 e. The lowest BCUT2D eigenvalue weighted by Crippen LogP contribution is -2.44. The summed E-state index contributed by atoms with van der Waals surface area (Å²) in [4.78, 5) is 14.8. The van der Waals surface area contributed by atoms with Crippen molar-refractivity contribution in [3.05, 3.63) is 65.2 Å². The van der Waals surface area contributed by atoms with E-state index in [1.54, 1.807) is 7.11 Å². The number of rotatable bonds is 7. The van der Waals surface area contributed by atoms with E-state index in [-0.39, 0.29) is 11.9 Å². The molecule has 0 saturated carbocycles. The molecule has 0 radical (unpaired) electrons. The van der Waals surface area contributed by atoms with Gasteiger partial charge in [0.25, 0.3) is 0 Å². The number of ether oxygens (including phenoxy) is 2. The molecule has 1 saturated heterocycles. The molecule has 1 unspecified atom stereocenters. The molecule has 5 nitrogen and oxygen atoms in total. The topological polar surface area (TPSA) is 50.8 Å². The van der Waals surface area contributed by atoms with Crippen molar-refractivity contribution in [3.63, 3.8) is 0 Å². The van der Waals surface area contributed by atoms with E-state index in [9.17, 15) is 4.79 Å². The van der Waals surface area contributed by atoms with Gasteiger partial charge in [0, 0.05) is 19.6 Å². The molecule has 1 N–H and O–H groups in total. The molecule has 3 rings (SSSR count). The van der Waals surface area contributed by atoms with Crippen LogP contribution in [0.15, 0.2) is 48.5 Å². The van der Waals surface area contributed by atoms with Gasteiger partial charge in [-0.15, -0.1) is 0 Å². The van der Waals surface area contributed by atoms with Crippen LogP contribution in [0.2, 0.25) is 0 Å². The number of methoxy groups -OCH3 is 1. The summed E-state index contributed by atoms with van der Waals surface area (Å²) in [5.74, 6) is 0.883. The average molecular weight is 368 g/mol. The van der Waals surface area contributed by atoms with Gasteiger partial charge in [0.2, 0.25) is 5.91 Å². The van der Waals surface area contributed by atoms with E-state index >= 15 is 0 Å². The molecule has 0 aromatic heterocycles. The van der Waals surface area contributed by atoms with E-state index < -0.39 is 0 Å². The van der Waals surface area contributed by atoms with Crippen LogP contribution < -0.4 is 10.1 Å². The number of carbonyl (C=O) groups excluding carboxylic acids is 1. The summed E-state index contributed by atoms with van der Waals surface area (Å²) >= 11 is 0. The number of hydrogen-bond donors (Lipinski definition) is 1. The van der Waals surface area contributed by atoms with Gasteiger partial charge in [-0.2, -0.15) is 0 Å². The number of amides is 1. The first-order chi connectivity index (χ1) is 13.2. The van der Waals surface area contributed by atoms with E-state index in [0.29, 0.717) is 13.0 Å². The molecule has 0 aliphatic carbocycles. The second-order valence-electron chi connectivity index (χ2n) is 6.90. The Morgan fingerprint density at radius 1 is 1.11 bits per heavy atom. The van der Waals surface area contributed by atoms with Crippen molar-refractivity contribution < 1.29 is 14.3 Å². The molecular formula is C22H28N2O3. The van der Waals surface area contributed by atoms with Crippen molar-refractivity contribution in [1.82, 2.24) is 10.2 Å². The molecule has 0 spiro atoms. The zero-order valence-electron chi connectivity index (χ0n) is 16.1. The van der Waals surface area contributed by atoms with Crippen LogP contribution in [-0.2, 0) is 16.0 Å². The van der Waals surface area contributed by atoms with Gasteiger partial charge in [0.05, 0.1) is 32.8 Å². The summed E-state index contributed by atoms with van der Waals surface area (Å²) < 4.78 is 10.8. The zero-order chi connectivity index (χ0) is 19.1. The van der Waals surface area contributed by atoms with Gasteiger partial charge in [-0.25, -0.2) is 0 Å². The molecule has 0 bridgehead atoms. The molecular weight excluding hydrogens is 340 g/mol. The minimum absolute atomic E-state index is 0.0469. The molecule has 1 atom stereocenters. The maximum absolute atomic E-state index is 12.4. The average Bonchev–Trinajstić information content (AvgIpc) is 2.71. The number of nitrogens with zero attached hydrogens (tertiary/aromatic N) is 1. The third-order valence-electron chi connectivity index (χ3n) is 4.96. The maximum atomic E-state index is 12.4. The van der Waals surface area contributed by atoms with Crippen molar-refractivity contribution in [2.45, 2.75) is 19.4 Å². The monoisotopic (exact) mass is 368 g/mol. The Kier molecular flexibility index (Phi) is 6.85. The number of nitrogens with one attached hydrogen (secondary N) is 1. The Morgan fingerprint density at radius 3 is 2.41 bits per heavy atom. The molecule has 1 heterocycles. The first-order valence-corrected chi connectivity index (χ1v) is 9.43. The molecule has 1 aliphatic heterocycles. The normalized spacial score (nSPS) is 15.9. The third-order valence-corrected chi connectivity index (χ3v) is 4.96. The smallest absolute Gasteiger partial charge is 0.224 e. The minimum Gasteiger partial charge on any atom is -0.497 e. The van der Waals surface area contributed by atoms with Crippen molar-refractivity contribution >= 4 is 5.91 Å². The van der Waals surface area contributed by atoms with E-state index in [4.69, 9.17) is 9.47 Å². The number of aryl methyl sites for hydroxylation is 1. The second-order valence-corrected chi connectivity index (χ2v) is 6.90. The number of hydrogen-bond acceptors (Lipinski definition) is 4. The zero-order valence-corrected chi connectivity index (χ0v) is 16.1. The van der Waals surface area contributed by atoms with Gasteiger partial charge < -0.3 is 14.8 Å². The van der Waals surface area contributed by atoms with E-state index in [0.717, 1.165) is 37.6 Å². The van der Waals surface area contributed by atoms with Gasteiger partial charge in [-0.3, -0.25) is 9.69 Å². The van der Waals surface area contributed by atoms with Crippen LogP contribution in [0, 0.1) is 6.92 Å². The van der Waals surface area contributed by atoms with Crippen molar-refractivity contribution in [3.8, 4) is 5.75 Å². The van der Waals surface area contributed by atoms with Crippen LogP contribution >= 0.6 is 0 Å². The van der Waals surface area contributed by atoms with Crippen molar-refractivity contribution in [2.24, 2.45) is 0 Å². The second kappa shape index (κ2) is 9.53. The number of morpholine rings is 1. The van der Waals surface area contributed by atoms with E-state index in [1.807, 2.05) is 43.3 Å². The fourth-order valence-corrected chi connectivity index (χ4v) is 3.34. The largest absolute Gasteiger partial charge is 0.497 e. The lowest BCUT2D eigenvalue weighted by atomic mass is 10.0. The predicted molar refractivity (Wildman–Crippen MR) is 106 cm³/mol. The van der Waals surface area contributed by atoms with Crippen LogP contribution in [0.3, 0.4) is 0 Å². The summed E-state index contributed by atoms with van der Waals surface area (Å²) in [7, 11) is 1.67. The van der Waals surface area contributed by atoms with Crippen LogP contribution in [0.4, 0.5) is 0 Å². The summed E-state index contributed by atoms with van der Waals surface area (Å²) in [6, 6.07) is 16.3. The van der Waals surface area contributed by atoms with Crippen molar-refractivity contribution in [1.29, 1.82) is 0 Å². The van der Waals surface area contributed by atoms with Gasteiger partial charge in [-0.1, -0.05) is 42.0 Å². The van der Waals surface area contributed by atoms with Crippen molar-refractivity contribution in [2.75, 3.05) is 40.0 Å². The summed E-state index contributed by atoms with van der Waals surface area (Å²) in [6.45, 7) is 5.81. The Bertz CT molecular complexity index is 722. The van der Waals surface area contributed by atoms with E-state index in [1.165, 1.54) is 11.1 Å². The van der Waals surface area contributed by atoms with E-state index in [2.05, 4.69) is 22.3 Å². The SMILES string of the molecule is COc1ccc(C(CNC(=O)Cc2ccc(C)cc2)N2CCOCC2)cc1. The Balaban J connectivity index is 1.64. The molecule has 27 heavy (non-hydrogen) atoms. The van der Waals surface area contributed by atoms with Crippen LogP contribution in [0.5, 0.6) is 5.75 Å². The van der Waals surface area contributed by atoms with Gasteiger partial charge in [0.15, 0.2) is 0 Å². The Hall–Kier alpha value is -2.37. The molecule has 1 aliphatic rings. The van der Waals surface area contributed by atoms with Crippen LogP contribution in [0.1, 0.15) is 22.7 Å². The standard InChI is InChI=1S/C22H28N2O3/c1-17-3-5-18(6-4-17)15-22(25)23-16-21(24-11-13-27-14-12-24)19-7-9-20(26-2)10-8-19/h3-10,21H,11-16H2,1-2H3,(H,23,25). The van der Waals surface area contributed by atoms with Gasteiger partial charge >= 0.3 is 0 Å². The molecule has 1 fully saturated rings. The highest BCUT2D eigenvalue weighted by molar-refractivity contribution is 5.78.